The third-order valence-corrected chi connectivity index (χ3v) is 7.24. The summed E-state index contributed by atoms with van der Waals surface area (Å²) in [6, 6.07) is 0. The largest absolute Gasteiger partial charge is 0.396 e. The number of rotatable bonds is 16. The Morgan fingerprint density at radius 1 is 0.548 bits per heavy atom. The average molecular weight is 438 g/mol. The van der Waals surface area contributed by atoms with Crippen molar-refractivity contribution in [1.29, 1.82) is 0 Å². The van der Waals surface area contributed by atoms with Crippen LogP contribution in [0.15, 0.2) is 0 Å². The maximum absolute atomic E-state index is 9.10. The van der Waals surface area contributed by atoms with Gasteiger partial charge in [0.25, 0.3) is 0 Å². The second kappa shape index (κ2) is 14.3. The Balaban J connectivity index is 5.69. The first-order valence-electron chi connectivity index (χ1n) is 13.5. The molecule has 1 atom stereocenters. The standard InChI is InChI=1S/C30H61O/c1-11-17-26(18-20-27(2,3)4)30(23-21-28(5,6)7,24-22-29(8,9)10)19-15-13-12-14-16-25-31/h26,31H,1,11-25H2,2-10H3. The first kappa shape index (κ1) is 31.0. The maximum Gasteiger partial charge on any atom is 0.0431 e. The number of hydrogen-bond donors (Lipinski definition) is 1. The molecular formula is C30H61O. The molecule has 1 radical (unpaired) electrons. The molecule has 0 aromatic rings. The van der Waals surface area contributed by atoms with Crippen LogP contribution in [0.2, 0.25) is 0 Å². The highest BCUT2D eigenvalue weighted by Gasteiger charge is 2.39. The van der Waals surface area contributed by atoms with Crippen molar-refractivity contribution in [2.45, 2.75) is 152 Å². The van der Waals surface area contributed by atoms with Crippen LogP contribution in [0.1, 0.15) is 152 Å². The fraction of sp³-hybridized carbons (Fsp3) is 0.967. The Labute approximate surface area is 198 Å². The highest BCUT2D eigenvalue weighted by molar-refractivity contribution is 4.90. The number of unbranched alkanes of at least 4 members (excludes halogenated alkanes) is 4. The minimum absolute atomic E-state index is 0.347. The van der Waals surface area contributed by atoms with Gasteiger partial charge in [-0.3, -0.25) is 0 Å². The highest BCUT2D eigenvalue weighted by atomic mass is 16.2. The van der Waals surface area contributed by atoms with Crippen molar-refractivity contribution >= 4 is 0 Å². The van der Waals surface area contributed by atoms with Crippen LogP contribution < -0.4 is 0 Å². The van der Waals surface area contributed by atoms with Gasteiger partial charge in [0.05, 0.1) is 0 Å². The Hall–Kier alpha value is -0.0400. The third kappa shape index (κ3) is 16.3. The summed E-state index contributed by atoms with van der Waals surface area (Å²) in [6.45, 7) is 26.4. The smallest absolute Gasteiger partial charge is 0.0431 e. The monoisotopic (exact) mass is 437 g/mol. The molecular weight excluding hydrogens is 376 g/mol. The van der Waals surface area contributed by atoms with E-state index in [4.69, 9.17) is 5.11 Å². The van der Waals surface area contributed by atoms with Gasteiger partial charge in [0.1, 0.15) is 0 Å². The van der Waals surface area contributed by atoms with Crippen LogP contribution in [-0.4, -0.2) is 11.7 Å². The van der Waals surface area contributed by atoms with Crippen LogP contribution in [0.25, 0.3) is 0 Å². The predicted molar refractivity (Wildman–Crippen MR) is 141 cm³/mol. The summed E-state index contributed by atoms with van der Waals surface area (Å²) in [5, 5.41) is 9.10. The summed E-state index contributed by atoms with van der Waals surface area (Å²) >= 11 is 0. The molecule has 0 fully saturated rings. The summed E-state index contributed by atoms with van der Waals surface area (Å²) in [6.07, 6.45) is 17.9. The molecule has 0 aliphatic carbocycles. The van der Waals surface area contributed by atoms with Gasteiger partial charge in [-0.2, -0.15) is 0 Å². The summed E-state index contributed by atoms with van der Waals surface area (Å²) in [5.74, 6) is 0.798. The summed E-state index contributed by atoms with van der Waals surface area (Å²) in [4.78, 5) is 0. The lowest BCUT2D eigenvalue weighted by Gasteiger charge is -2.45. The molecule has 0 saturated heterocycles. The van der Waals surface area contributed by atoms with Gasteiger partial charge in [-0.15, -0.1) is 0 Å². The lowest BCUT2D eigenvalue weighted by atomic mass is 9.60. The quantitative estimate of drug-likeness (QED) is 0.238. The summed E-state index contributed by atoms with van der Waals surface area (Å²) < 4.78 is 0. The first-order valence-corrected chi connectivity index (χ1v) is 13.5. The number of aliphatic hydroxyl groups excluding tert-OH is 1. The molecule has 0 rings (SSSR count). The van der Waals surface area contributed by atoms with E-state index in [0.717, 1.165) is 18.8 Å². The van der Waals surface area contributed by atoms with E-state index in [1.54, 1.807) is 0 Å². The van der Waals surface area contributed by atoms with Gasteiger partial charge in [0, 0.05) is 6.61 Å². The van der Waals surface area contributed by atoms with E-state index in [-0.39, 0.29) is 0 Å². The molecule has 0 aliphatic rings. The van der Waals surface area contributed by atoms with E-state index < -0.39 is 0 Å². The summed E-state index contributed by atoms with van der Waals surface area (Å²) in [7, 11) is 0. The predicted octanol–water partition coefficient (Wildman–Crippen LogP) is 10.0. The van der Waals surface area contributed by atoms with E-state index in [1.165, 1.54) is 77.0 Å². The number of hydrogen-bond acceptors (Lipinski definition) is 1. The van der Waals surface area contributed by atoms with Crippen molar-refractivity contribution < 1.29 is 5.11 Å². The first-order chi connectivity index (χ1) is 14.1. The Bertz CT molecular complexity index is 411. The van der Waals surface area contributed by atoms with Gasteiger partial charge in [-0.1, -0.05) is 101 Å². The van der Waals surface area contributed by atoms with Gasteiger partial charge in [0.15, 0.2) is 0 Å². The molecule has 0 heterocycles. The molecule has 0 aliphatic heterocycles. The molecule has 187 valence electrons. The average Bonchev–Trinajstić information content (AvgIpc) is 2.61. The van der Waals surface area contributed by atoms with E-state index in [1.807, 2.05) is 0 Å². The molecule has 1 N–H and O–H groups in total. The van der Waals surface area contributed by atoms with Gasteiger partial charge < -0.3 is 5.11 Å². The van der Waals surface area contributed by atoms with Gasteiger partial charge >= 0.3 is 0 Å². The van der Waals surface area contributed by atoms with Crippen LogP contribution in [0.3, 0.4) is 0 Å². The molecule has 0 aromatic carbocycles. The lowest BCUT2D eigenvalue weighted by molar-refractivity contribution is 0.0568. The minimum Gasteiger partial charge on any atom is -0.396 e. The molecule has 1 unspecified atom stereocenters. The van der Waals surface area contributed by atoms with Crippen molar-refractivity contribution in [3.8, 4) is 0 Å². The molecule has 0 spiro atoms. The van der Waals surface area contributed by atoms with Crippen molar-refractivity contribution in [2.24, 2.45) is 27.6 Å². The fourth-order valence-corrected chi connectivity index (χ4v) is 4.96. The molecule has 31 heavy (non-hydrogen) atoms. The molecule has 0 bridgehead atoms. The topological polar surface area (TPSA) is 20.2 Å². The van der Waals surface area contributed by atoms with E-state index >= 15 is 0 Å². The maximum atomic E-state index is 9.10. The van der Waals surface area contributed by atoms with Gasteiger partial charge in [-0.05, 0) is 85.4 Å². The van der Waals surface area contributed by atoms with E-state index in [0.29, 0.717) is 28.3 Å². The molecule has 0 saturated carbocycles. The second-order valence-electron chi connectivity index (χ2n) is 14.2. The van der Waals surface area contributed by atoms with Gasteiger partial charge in [0.2, 0.25) is 0 Å². The lowest BCUT2D eigenvalue weighted by Crippen LogP contribution is -2.34. The second-order valence-corrected chi connectivity index (χ2v) is 14.2. The van der Waals surface area contributed by atoms with Crippen LogP contribution >= 0.6 is 0 Å². The fourth-order valence-electron chi connectivity index (χ4n) is 4.96. The van der Waals surface area contributed by atoms with Crippen molar-refractivity contribution in [3.05, 3.63) is 6.92 Å². The van der Waals surface area contributed by atoms with Crippen molar-refractivity contribution in [3.63, 3.8) is 0 Å². The van der Waals surface area contributed by atoms with Crippen molar-refractivity contribution in [1.82, 2.24) is 0 Å². The van der Waals surface area contributed by atoms with Crippen LogP contribution in [0.4, 0.5) is 0 Å². The van der Waals surface area contributed by atoms with Crippen LogP contribution in [0, 0.1) is 34.5 Å². The molecule has 0 aromatic heterocycles. The normalized spacial score (nSPS) is 14.8. The zero-order valence-corrected chi connectivity index (χ0v) is 23.3. The Morgan fingerprint density at radius 3 is 1.42 bits per heavy atom. The van der Waals surface area contributed by atoms with Crippen molar-refractivity contribution in [2.75, 3.05) is 6.61 Å². The number of aliphatic hydroxyl groups is 1. The van der Waals surface area contributed by atoms with Crippen LogP contribution in [0.5, 0.6) is 0 Å². The van der Waals surface area contributed by atoms with E-state index in [2.05, 4.69) is 69.2 Å². The summed E-state index contributed by atoms with van der Waals surface area (Å²) in [5.41, 5.74) is 1.66. The highest BCUT2D eigenvalue weighted by Crippen LogP contribution is 2.50. The molecule has 1 nitrogen and oxygen atoms in total. The third-order valence-electron chi connectivity index (χ3n) is 7.24. The SMILES string of the molecule is [CH2]CCC(CCC(C)(C)C)C(CCCCCCCO)(CCC(C)(C)C)CCC(C)(C)C. The zero-order valence-electron chi connectivity index (χ0n) is 23.3. The Kier molecular flexibility index (Phi) is 14.3. The van der Waals surface area contributed by atoms with Crippen LogP contribution in [-0.2, 0) is 0 Å². The zero-order chi connectivity index (χ0) is 24.2. The molecule has 0 amide bonds. The van der Waals surface area contributed by atoms with E-state index in [9.17, 15) is 0 Å². The Morgan fingerprint density at radius 2 is 1.00 bits per heavy atom. The minimum atomic E-state index is 0.347. The molecule has 1 heteroatoms. The van der Waals surface area contributed by atoms with Gasteiger partial charge in [-0.25, -0.2) is 0 Å².